The van der Waals surface area contributed by atoms with Gasteiger partial charge >= 0.3 is 6.09 Å². The van der Waals surface area contributed by atoms with Gasteiger partial charge in [-0.2, -0.15) is 0 Å². The van der Waals surface area contributed by atoms with Crippen molar-refractivity contribution in [1.82, 2.24) is 4.90 Å². The number of aryl methyl sites for hydroxylation is 2. The van der Waals surface area contributed by atoms with Crippen LogP contribution in [0.15, 0.2) is 42.5 Å². The Morgan fingerprint density at radius 1 is 1.17 bits per heavy atom. The van der Waals surface area contributed by atoms with E-state index in [0.29, 0.717) is 12.8 Å². The maximum Gasteiger partial charge on any atom is 0.418 e. The lowest BCUT2D eigenvalue weighted by Gasteiger charge is -2.20. The molecule has 2 aromatic rings. The molecule has 1 atom stereocenters. The number of hydrogen-bond donors (Lipinski definition) is 1. The van der Waals surface area contributed by atoms with Crippen LogP contribution in [0.3, 0.4) is 0 Å². The second-order valence-corrected chi connectivity index (χ2v) is 7.99. The molecule has 0 radical (unpaired) electrons. The lowest BCUT2D eigenvalue weighted by Crippen LogP contribution is -2.41. The fourth-order valence-corrected chi connectivity index (χ4v) is 4.26. The highest BCUT2D eigenvalue weighted by atomic mass is 16.6. The number of fused-ring (bicyclic) bond motifs is 2. The third-order valence-electron chi connectivity index (χ3n) is 5.76. The zero-order valence-corrected chi connectivity index (χ0v) is 16.8. The van der Waals surface area contributed by atoms with E-state index in [-0.39, 0.29) is 12.5 Å². The molecule has 2 aromatic carbocycles. The molecule has 1 aliphatic carbocycles. The van der Waals surface area contributed by atoms with Crippen molar-refractivity contribution in [2.24, 2.45) is 0 Å². The van der Waals surface area contributed by atoms with E-state index in [2.05, 4.69) is 5.32 Å². The number of imide groups is 1. The smallest absolute Gasteiger partial charge is 0.418 e. The van der Waals surface area contributed by atoms with Gasteiger partial charge in [0.05, 0.1) is 0 Å². The van der Waals surface area contributed by atoms with E-state index >= 15 is 0 Å². The van der Waals surface area contributed by atoms with Gasteiger partial charge in [0.15, 0.2) is 0 Å². The summed E-state index contributed by atoms with van der Waals surface area (Å²) in [6, 6.07) is 13.3. The number of rotatable bonds is 4. The number of amides is 3. The topological polar surface area (TPSA) is 75.7 Å². The number of nitrogens with zero attached hydrogens (tertiary/aromatic N) is 1. The van der Waals surface area contributed by atoms with Crippen molar-refractivity contribution in [2.45, 2.75) is 45.1 Å². The van der Waals surface area contributed by atoms with Crippen molar-refractivity contribution in [2.75, 3.05) is 11.9 Å². The van der Waals surface area contributed by atoms with Crippen LogP contribution in [0.4, 0.5) is 10.5 Å². The van der Waals surface area contributed by atoms with E-state index in [0.717, 1.165) is 32.8 Å². The zero-order chi connectivity index (χ0) is 20.8. The summed E-state index contributed by atoms with van der Waals surface area (Å²) in [5, 5.41) is 2.89. The minimum absolute atomic E-state index is 0.224. The average molecular weight is 392 g/mol. The summed E-state index contributed by atoms with van der Waals surface area (Å²) in [7, 11) is 0. The number of benzene rings is 2. The molecule has 2 aliphatic rings. The maximum absolute atomic E-state index is 13.1. The second-order valence-electron chi connectivity index (χ2n) is 7.99. The largest absolute Gasteiger partial charge is 0.427 e. The van der Waals surface area contributed by atoms with Crippen molar-refractivity contribution in [3.05, 3.63) is 64.7 Å². The van der Waals surface area contributed by atoms with E-state index < -0.39 is 23.5 Å². The van der Waals surface area contributed by atoms with Crippen LogP contribution in [0.1, 0.15) is 48.4 Å². The Bertz CT molecular complexity index is 1010. The molecule has 0 saturated carbocycles. The summed E-state index contributed by atoms with van der Waals surface area (Å²) in [4.78, 5) is 39.3. The summed E-state index contributed by atoms with van der Waals surface area (Å²) in [5.74, 6) is -0.659. The SMILES string of the molecule is Cc1cccc(C(C)C)c1NC(=O)CN1C(=O)O[C@@]2(CCc3ccccc32)C1=O. The van der Waals surface area contributed by atoms with E-state index in [1.54, 1.807) is 0 Å². The number of carbonyl (C=O) groups is 3. The average Bonchev–Trinajstić information content (AvgIpc) is 3.17. The summed E-state index contributed by atoms with van der Waals surface area (Å²) >= 11 is 0. The molecule has 0 aromatic heterocycles. The van der Waals surface area contributed by atoms with Gasteiger partial charge in [-0.1, -0.05) is 56.3 Å². The van der Waals surface area contributed by atoms with Gasteiger partial charge in [0.1, 0.15) is 6.54 Å². The third-order valence-corrected chi connectivity index (χ3v) is 5.76. The highest BCUT2D eigenvalue weighted by molar-refractivity contribution is 6.07. The fourth-order valence-electron chi connectivity index (χ4n) is 4.26. The first-order valence-corrected chi connectivity index (χ1v) is 9.86. The minimum Gasteiger partial charge on any atom is -0.427 e. The minimum atomic E-state index is -1.29. The van der Waals surface area contributed by atoms with E-state index in [9.17, 15) is 14.4 Å². The number of hydrogen-bond acceptors (Lipinski definition) is 4. The molecule has 1 fully saturated rings. The molecule has 1 saturated heterocycles. The van der Waals surface area contributed by atoms with Crippen molar-refractivity contribution < 1.29 is 19.1 Å². The lowest BCUT2D eigenvalue weighted by molar-refractivity contribution is -0.139. The Morgan fingerprint density at radius 3 is 2.69 bits per heavy atom. The number of nitrogens with one attached hydrogen (secondary N) is 1. The Kier molecular flexibility index (Phi) is 4.65. The lowest BCUT2D eigenvalue weighted by atomic mass is 9.95. The van der Waals surface area contributed by atoms with Gasteiger partial charge in [0.2, 0.25) is 11.5 Å². The van der Waals surface area contributed by atoms with Crippen molar-refractivity contribution >= 4 is 23.6 Å². The van der Waals surface area contributed by atoms with Crippen LogP contribution in [0.25, 0.3) is 0 Å². The highest BCUT2D eigenvalue weighted by Gasteiger charge is 2.58. The quantitative estimate of drug-likeness (QED) is 0.857. The molecular weight excluding hydrogens is 368 g/mol. The van der Waals surface area contributed by atoms with Crippen LogP contribution in [0.2, 0.25) is 0 Å². The standard InChI is InChI=1S/C23H24N2O4/c1-14(2)17-9-6-7-15(3)20(17)24-19(26)13-25-21(27)23(29-22(25)28)12-11-16-8-4-5-10-18(16)23/h4-10,14H,11-13H2,1-3H3,(H,24,26)/t23-/m1/s1. The molecule has 29 heavy (non-hydrogen) atoms. The molecule has 3 amide bonds. The van der Waals surface area contributed by atoms with Crippen LogP contribution in [-0.2, 0) is 26.3 Å². The molecule has 150 valence electrons. The fraction of sp³-hybridized carbons (Fsp3) is 0.348. The Morgan fingerprint density at radius 2 is 1.93 bits per heavy atom. The highest BCUT2D eigenvalue weighted by Crippen LogP contribution is 2.45. The van der Waals surface area contributed by atoms with Gasteiger partial charge in [0, 0.05) is 17.7 Å². The molecule has 4 rings (SSSR count). The van der Waals surface area contributed by atoms with Gasteiger partial charge in [0.25, 0.3) is 5.91 Å². The molecule has 6 nitrogen and oxygen atoms in total. The van der Waals surface area contributed by atoms with Crippen LogP contribution in [0.5, 0.6) is 0 Å². The van der Waals surface area contributed by atoms with E-state index in [4.69, 9.17) is 4.74 Å². The van der Waals surface area contributed by atoms with Gasteiger partial charge in [-0.05, 0) is 36.0 Å². The van der Waals surface area contributed by atoms with E-state index in [1.165, 1.54) is 0 Å². The summed E-state index contributed by atoms with van der Waals surface area (Å²) in [6.45, 7) is 5.65. The van der Waals surface area contributed by atoms with Crippen molar-refractivity contribution in [3.63, 3.8) is 0 Å². The normalized spacial score (nSPS) is 20.3. The third kappa shape index (κ3) is 3.09. The molecule has 0 unspecified atom stereocenters. The Labute approximate surface area is 169 Å². The summed E-state index contributed by atoms with van der Waals surface area (Å²) in [6.07, 6.45) is 0.302. The monoisotopic (exact) mass is 392 g/mol. The van der Waals surface area contributed by atoms with Crippen LogP contribution < -0.4 is 5.32 Å². The van der Waals surface area contributed by atoms with Crippen molar-refractivity contribution in [3.8, 4) is 0 Å². The van der Waals surface area contributed by atoms with Gasteiger partial charge in [-0.15, -0.1) is 0 Å². The first kappa shape index (κ1) is 19.2. The molecular formula is C23H24N2O4. The van der Waals surface area contributed by atoms with Crippen LogP contribution in [-0.4, -0.2) is 29.4 Å². The number of para-hydroxylation sites is 1. The molecule has 1 spiro atoms. The second kappa shape index (κ2) is 7.03. The maximum atomic E-state index is 13.1. The molecule has 1 aliphatic heterocycles. The zero-order valence-electron chi connectivity index (χ0n) is 16.8. The van der Waals surface area contributed by atoms with Crippen LogP contribution in [0, 0.1) is 6.92 Å². The number of carbonyl (C=O) groups excluding carboxylic acids is 3. The predicted octanol–water partition coefficient (Wildman–Crippen LogP) is 3.88. The predicted molar refractivity (Wildman–Crippen MR) is 109 cm³/mol. The van der Waals surface area contributed by atoms with Gasteiger partial charge < -0.3 is 10.1 Å². The molecule has 6 heteroatoms. The first-order chi connectivity index (χ1) is 13.8. The van der Waals surface area contributed by atoms with Crippen molar-refractivity contribution in [1.29, 1.82) is 0 Å². The number of anilines is 1. The first-order valence-electron chi connectivity index (χ1n) is 9.86. The number of ether oxygens (including phenoxy) is 1. The van der Waals surface area contributed by atoms with Gasteiger partial charge in [-0.3, -0.25) is 9.59 Å². The van der Waals surface area contributed by atoms with Crippen LogP contribution >= 0.6 is 0 Å². The van der Waals surface area contributed by atoms with Gasteiger partial charge in [-0.25, -0.2) is 9.69 Å². The molecule has 0 bridgehead atoms. The Hall–Kier alpha value is -3.15. The van der Waals surface area contributed by atoms with E-state index in [1.807, 2.05) is 63.2 Å². The molecule has 1 N–H and O–H groups in total. The summed E-state index contributed by atoms with van der Waals surface area (Å²) in [5.41, 5.74) is 3.10. The summed E-state index contributed by atoms with van der Waals surface area (Å²) < 4.78 is 5.56. The molecule has 1 heterocycles. The Balaban J connectivity index is 1.55.